The summed E-state index contributed by atoms with van der Waals surface area (Å²) in [5, 5.41) is 13.6. The van der Waals surface area contributed by atoms with Crippen LogP contribution in [0.4, 0.5) is 4.79 Å². The third-order valence-electron chi connectivity index (χ3n) is 8.23. The number of methoxy groups -OCH3 is 1. The van der Waals surface area contributed by atoms with Crippen molar-refractivity contribution in [3.8, 4) is 17.3 Å². The molecule has 12 heteroatoms. The van der Waals surface area contributed by atoms with Crippen LogP contribution < -0.4 is 10.1 Å². The van der Waals surface area contributed by atoms with Crippen LogP contribution in [0.5, 0.6) is 5.75 Å². The first-order chi connectivity index (χ1) is 20.9. The lowest BCUT2D eigenvalue weighted by Gasteiger charge is -2.36. The molecule has 1 aromatic carbocycles. The molecule has 44 heavy (non-hydrogen) atoms. The van der Waals surface area contributed by atoms with Gasteiger partial charge in [0.05, 0.1) is 30.3 Å². The number of benzene rings is 1. The second-order valence-electron chi connectivity index (χ2n) is 12.9. The molecule has 2 aliphatic rings. The van der Waals surface area contributed by atoms with E-state index in [-0.39, 0.29) is 25.4 Å². The maximum absolute atomic E-state index is 13.9. The number of carboxylic acid groups (broad SMARTS) is 1. The summed E-state index contributed by atoms with van der Waals surface area (Å²) in [5.74, 6) is -0.421. The molecule has 0 bridgehead atoms. The van der Waals surface area contributed by atoms with E-state index in [4.69, 9.17) is 14.5 Å². The number of carbonyl (C=O) groups is 3. The highest BCUT2D eigenvalue weighted by atomic mass is 16.6. The first kappa shape index (κ1) is 29.5. The topological polar surface area (TPSA) is 141 Å². The molecule has 1 saturated carbocycles. The fourth-order valence-electron chi connectivity index (χ4n) is 6.04. The van der Waals surface area contributed by atoms with Crippen molar-refractivity contribution < 1.29 is 29.0 Å². The number of ether oxygens (including phenoxy) is 2. The number of imidazole rings is 1. The van der Waals surface area contributed by atoms with Crippen LogP contribution in [0.2, 0.25) is 0 Å². The second-order valence-corrected chi connectivity index (χ2v) is 12.9. The molecular weight excluding hydrogens is 564 g/mol. The van der Waals surface area contributed by atoms with E-state index in [2.05, 4.69) is 20.9 Å². The Morgan fingerprint density at radius 1 is 1.14 bits per heavy atom. The Morgan fingerprint density at radius 2 is 1.91 bits per heavy atom. The van der Waals surface area contributed by atoms with Gasteiger partial charge in [-0.25, -0.2) is 14.8 Å². The van der Waals surface area contributed by atoms with Crippen LogP contribution in [0.1, 0.15) is 50.4 Å². The Balaban J connectivity index is 1.34. The number of carboxylic acids is 1. The number of nitrogens with zero attached hydrogens (tertiary/aromatic N) is 5. The lowest BCUT2D eigenvalue weighted by Crippen LogP contribution is -2.54. The number of carbonyl (C=O) groups excluding carboxylic acids is 2. The number of rotatable bonds is 7. The van der Waals surface area contributed by atoms with Crippen molar-refractivity contribution in [2.45, 2.75) is 58.2 Å². The smallest absolute Gasteiger partial charge is 0.407 e. The summed E-state index contributed by atoms with van der Waals surface area (Å²) < 4.78 is 15.3. The summed E-state index contributed by atoms with van der Waals surface area (Å²) in [6, 6.07) is 8.87. The van der Waals surface area contributed by atoms with Gasteiger partial charge in [-0.15, -0.1) is 0 Å². The monoisotopic (exact) mass is 602 g/mol. The van der Waals surface area contributed by atoms with Crippen LogP contribution in [0.15, 0.2) is 36.5 Å². The van der Waals surface area contributed by atoms with Crippen LogP contribution in [-0.4, -0.2) is 78.9 Å². The van der Waals surface area contributed by atoms with Gasteiger partial charge < -0.3 is 33.9 Å². The Morgan fingerprint density at radius 3 is 2.59 bits per heavy atom. The van der Waals surface area contributed by atoms with E-state index < -0.39 is 29.6 Å². The molecule has 4 heterocycles. The molecule has 2 atom stereocenters. The van der Waals surface area contributed by atoms with Crippen molar-refractivity contribution in [3.05, 3.63) is 42.1 Å². The van der Waals surface area contributed by atoms with Crippen LogP contribution in [0, 0.1) is 11.8 Å². The molecule has 12 nitrogen and oxygen atoms in total. The largest absolute Gasteiger partial charge is 0.494 e. The highest BCUT2D eigenvalue weighted by Gasteiger charge is 2.36. The van der Waals surface area contributed by atoms with Crippen molar-refractivity contribution in [2.75, 3.05) is 20.2 Å². The fourth-order valence-corrected chi connectivity index (χ4v) is 6.04. The van der Waals surface area contributed by atoms with Crippen LogP contribution >= 0.6 is 0 Å². The van der Waals surface area contributed by atoms with Gasteiger partial charge in [-0.05, 0) is 76.3 Å². The standard InChI is InChI=1S/C32H38N6O6/c1-32(2,3)44-31(42)34-22-11-21(30(40)41)16-37(17-22)29(39)20-12-23-26(25(14-20)43-5)36(4)28(35-23)24-13-19-7-6-10-33-27(19)38(24)15-18-8-9-18/h6-7,10,12-14,18,21-22H,8-9,11,15-17H2,1-5H3,(H,34,42)(H,40,41). The van der Waals surface area contributed by atoms with Gasteiger partial charge in [0.1, 0.15) is 22.5 Å². The summed E-state index contributed by atoms with van der Waals surface area (Å²) in [7, 11) is 3.47. The average molecular weight is 603 g/mol. The Kier molecular flexibility index (Phi) is 7.46. The molecule has 2 unspecified atom stereocenters. The molecule has 0 spiro atoms. The molecule has 2 fully saturated rings. The molecule has 1 saturated heterocycles. The summed E-state index contributed by atoms with van der Waals surface area (Å²) >= 11 is 0. The van der Waals surface area contributed by atoms with Gasteiger partial charge in [0.25, 0.3) is 5.91 Å². The fraction of sp³-hybridized carbons (Fsp3) is 0.469. The van der Waals surface area contributed by atoms with Gasteiger partial charge in [0.15, 0.2) is 5.82 Å². The van der Waals surface area contributed by atoms with E-state index >= 15 is 0 Å². The minimum atomic E-state index is -1.03. The lowest BCUT2D eigenvalue weighted by molar-refractivity contribution is -0.143. The molecule has 232 valence electrons. The molecule has 1 aliphatic carbocycles. The SMILES string of the molecule is COc1cc(C(=O)N2CC(NC(=O)OC(C)(C)C)CC(C(=O)O)C2)cc2nc(-c3cc4cccnc4n3CC3CC3)n(C)c12. The number of aryl methyl sites for hydroxylation is 1. The van der Waals surface area contributed by atoms with Crippen molar-refractivity contribution in [3.63, 3.8) is 0 Å². The number of likely N-dealkylation sites (tertiary alicyclic amines) is 1. The molecule has 3 aromatic heterocycles. The van der Waals surface area contributed by atoms with E-state index in [0.29, 0.717) is 22.7 Å². The van der Waals surface area contributed by atoms with E-state index in [9.17, 15) is 19.5 Å². The number of piperidine rings is 1. The third-order valence-corrected chi connectivity index (χ3v) is 8.23. The van der Waals surface area contributed by atoms with Crippen LogP contribution in [-0.2, 0) is 23.1 Å². The van der Waals surface area contributed by atoms with E-state index in [0.717, 1.165) is 34.6 Å². The Hall–Kier alpha value is -4.61. The highest BCUT2D eigenvalue weighted by molar-refractivity contribution is 6.00. The predicted molar refractivity (Wildman–Crippen MR) is 164 cm³/mol. The van der Waals surface area contributed by atoms with Gasteiger partial charge in [-0.2, -0.15) is 0 Å². The van der Waals surface area contributed by atoms with E-state index in [1.54, 1.807) is 46.2 Å². The maximum atomic E-state index is 13.9. The highest BCUT2D eigenvalue weighted by Crippen LogP contribution is 2.37. The summed E-state index contributed by atoms with van der Waals surface area (Å²) in [6.07, 6.45) is 3.73. The maximum Gasteiger partial charge on any atom is 0.407 e. The number of aromatic nitrogens is 4. The zero-order valence-electron chi connectivity index (χ0n) is 25.7. The Bertz CT molecular complexity index is 1760. The summed E-state index contributed by atoms with van der Waals surface area (Å²) in [6.45, 7) is 6.27. The first-order valence-corrected chi connectivity index (χ1v) is 14.9. The first-order valence-electron chi connectivity index (χ1n) is 14.9. The van der Waals surface area contributed by atoms with Crippen molar-refractivity contribution >= 4 is 40.0 Å². The van der Waals surface area contributed by atoms with E-state index in [1.165, 1.54) is 17.7 Å². The number of amides is 2. The number of pyridine rings is 1. The predicted octanol–water partition coefficient (Wildman–Crippen LogP) is 4.45. The molecular formula is C32H38N6O6. The van der Waals surface area contributed by atoms with Crippen molar-refractivity contribution in [2.24, 2.45) is 18.9 Å². The van der Waals surface area contributed by atoms with Gasteiger partial charge in [0, 0.05) is 43.8 Å². The van der Waals surface area contributed by atoms with Crippen LogP contribution in [0.25, 0.3) is 33.6 Å². The van der Waals surface area contributed by atoms with Gasteiger partial charge in [0.2, 0.25) is 0 Å². The van der Waals surface area contributed by atoms with Crippen molar-refractivity contribution in [1.29, 1.82) is 0 Å². The quantitative estimate of drug-likeness (QED) is 0.316. The van der Waals surface area contributed by atoms with Crippen molar-refractivity contribution in [1.82, 2.24) is 29.3 Å². The zero-order valence-corrected chi connectivity index (χ0v) is 25.7. The third kappa shape index (κ3) is 5.80. The molecule has 2 amide bonds. The normalized spacial score (nSPS) is 18.9. The molecule has 0 radical (unpaired) electrons. The Labute approximate surface area is 255 Å². The summed E-state index contributed by atoms with van der Waals surface area (Å²) in [4.78, 5) is 49.5. The number of alkyl carbamates (subject to hydrolysis) is 1. The molecule has 1 aliphatic heterocycles. The second kappa shape index (κ2) is 11.1. The minimum absolute atomic E-state index is 0.0166. The van der Waals surface area contributed by atoms with E-state index in [1.807, 2.05) is 23.7 Å². The average Bonchev–Trinajstić information content (AvgIpc) is 3.64. The van der Waals surface area contributed by atoms with Crippen LogP contribution in [0.3, 0.4) is 0 Å². The number of hydrogen-bond acceptors (Lipinski definition) is 7. The molecule has 4 aromatic rings. The van der Waals surface area contributed by atoms with Gasteiger partial charge in [-0.3, -0.25) is 9.59 Å². The number of aliphatic carboxylic acids is 1. The minimum Gasteiger partial charge on any atom is -0.494 e. The molecule has 6 rings (SSSR count). The lowest BCUT2D eigenvalue weighted by atomic mass is 9.93. The number of nitrogens with one attached hydrogen (secondary N) is 1. The summed E-state index contributed by atoms with van der Waals surface area (Å²) in [5.41, 5.74) is 2.78. The van der Waals surface area contributed by atoms with Gasteiger partial charge >= 0.3 is 12.1 Å². The molecule has 2 N–H and O–H groups in total. The van der Waals surface area contributed by atoms with Gasteiger partial charge in [-0.1, -0.05) is 0 Å². The number of fused-ring (bicyclic) bond motifs is 2. The zero-order chi connectivity index (χ0) is 31.3. The number of hydrogen-bond donors (Lipinski definition) is 2.